The van der Waals surface area contributed by atoms with Gasteiger partial charge in [0.05, 0.1) is 19.4 Å². The number of rotatable bonds is 5. The van der Waals surface area contributed by atoms with Gasteiger partial charge >= 0.3 is 0 Å². The number of nitrogens with one attached hydrogen (secondary N) is 1. The first-order valence-corrected chi connectivity index (χ1v) is 11.1. The van der Waals surface area contributed by atoms with Crippen molar-refractivity contribution in [3.8, 4) is 11.3 Å². The van der Waals surface area contributed by atoms with E-state index in [1.807, 2.05) is 19.4 Å². The number of pyridine rings is 1. The van der Waals surface area contributed by atoms with Gasteiger partial charge in [-0.1, -0.05) is 17.3 Å². The fourth-order valence-electron chi connectivity index (χ4n) is 4.78. The summed E-state index contributed by atoms with van der Waals surface area (Å²) >= 11 is 0. The van der Waals surface area contributed by atoms with Gasteiger partial charge in [-0.3, -0.25) is 9.58 Å². The van der Waals surface area contributed by atoms with E-state index in [4.69, 9.17) is 4.74 Å². The summed E-state index contributed by atoms with van der Waals surface area (Å²) in [6.07, 6.45) is 9.08. The van der Waals surface area contributed by atoms with Crippen LogP contribution in [0.4, 0.5) is 5.82 Å². The Labute approximate surface area is 177 Å². The smallest absolute Gasteiger partial charge is 0.126 e. The summed E-state index contributed by atoms with van der Waals surface area (Å²) < 4.78 is 7.23. The third-order valence-electron chi connectivity index (χ3n) is 6.57. The molecule has 3 aromatic rings. The van der Waals surface area contributed by atoms with E-state index in [-0.39, 0.29) is 0 Å². The predicted octanol–water partition coefficient (Wildman–Crippen LogP) is 3.33. The minimum absolute atomic E-state index is 0.728. The summed E-state index contributed by atoms with van der Waals surface area (Å²) in [5.41, 5.74) is 1.97. The van der Waals surface area contributed by atoms with E-state index in [1.165, 1.54) is 31.1 Å². The Bertz CT molecular complexity index is 988. The molecule has 7 heteroatoms. The van der Waals surface area contributed by atoms with Crippen LogP contribution in [0.1, 0.15) is 25.7 Å². The maximum atomic E-state index is 5.50. The second-order valence-corrected chi connectivity index (χ2v) is 8.61. The number of benzene rings is 1. The maximum absolute atomic E-state index is 5.50. The summed E-state index contributed by atoms with van der Waals surface area (Å²) in [5, 5.41) is 14.2. The molecule has 0 spiro atoms. The van der Waals surface area contributed by atoms with Crippen LogP contribution in [0, 0.1) is 5.92 Å². The van der Waals surface area contributed by atoms with Crippen LogP contribution in [0.25, 0.3) is 22.0 Å². The molecule has 2 fully saturated rings. The summed E-state index contributed by atoms with van der Waals surface area (Å²) in [6, 6.07) is 9.24. The molecule has 2 aliphatic rings. The van der Waals surface area contributed by atoms with Gasteiger partial charge in [0.1, 0.15) is 11.5 Å². The number of anilines is 1. The zero-order valence-electron chi connectivity index (χ0n) is 17.6. The molecule has 0 radical (unpaired) electrons. The summed E-state index contributed by atoms with van der Waals surface area (Å²) in [7, 11) is 1.89. The SMILES string of the molecule is Cn1cc(-c2ccc3cnc(NCC4CCC(N5CCOCC5)CC4)cc3c2)nn1. The minimum Gasteiger partial charge on any atom is -0.379 e. The second-order valence-electron chi connectivity index (χ2n) is 8.61. The molecule has 3 heterocycles. The molecule has 2 aromatic heterocycles. The van der Waals surface area contributed by atoms with Gasteiger partial charge in [-0.15, -0.1) is 5.10 Å². The van der Waals surface area contributed by atoms with Gasteiger partial charge in [0.2, 0.25) is 0 Å². The van der Waals surface area contributed by atoms with Crippen LogP contribution in [-0.2, 0) is 11.8 Å². The summed E-state index contributed by atoms with van der Waals surface area (Å²) in [4.78, 5) is 7.25. The number of hydrogen-bond donors (Lipinski definition) is 1. The van der Waals surface area contributed by atoms with Crippen LogP contribution in [0.2, 0.25) is 0 Å². The largest absolute Gasteiger partial charge is 0.379 e. The number of hydrogen-bond acceptors (Lipinski definition) is 6. The molecule has 0 unspecified atom stereocenters. The molecule has 1 saturated heterocycles. The zero-order chi connectivity index (χ0) is 20.3. The van der Waals surface area contributed by atoms with E-state index in [0.29, 0.717) is 0 Å². The van der Waals surface area contributed by atoms with Crippen molar-refractivity contribution in [2.24, 2.45) is 13.0 Å². The van der Waals surface area contributed by atoms with Gasteiger partial charge in [0, 0.05) is 49.9 Å². The highest BCUT2D eigenvalue weighted by molar-refractivity contribution is 5.87. The van der Waals surface area contributed by atoms with Gasteiger partial charge in [0.15, 0.2) is 0 Å². The summed E-state index contributed by atoms with van der Waals surface area (Å²) in [6.45, 7) is 5.00. The van der Waals surface area contributed by atoms with Crippen molar-refractivity contribution < 1.29 is 4.74 Å². The Kier molecular flexibility index (Phi) is 5.64. The molecule has 1 aromatic carbocycles. The first-order valence-electron chi connectivity index (χ1n) is 11.1. The number of aryl methyl sites for hydroxylation is 1. The Morgan fingerprint density at radius 2 is 1.90 bits per heavy atom. The Morgan fingerprint density at radius 1 is 1.07 bits per heavy atom. The molecule has 0 atom stereocenters. The maximum Gasteiger partial charge on any atom is 0.126 e. The molecule has 1 saturated carbocycles. The zero-order valence-corrected chi connectivity index (χ0v) is 17.6. The third kappa shape index (κ3) is 4.32. The molecule has 5 rings (SSSR count). The molecule has 158 valence electrons. The fraction of sp³-hybridized carbons (Fsp3) is 0.522. The fourth-order valence-corrected chi connectivity index (χ4v) is 4.78. The van der Waals surface area contributed by atoms with Crippen molar-refractivity contribution in [3.05, 3.63) is 36.7 Å². The van der Waals surface area contributed by atoms with E-state index in [0.717, 1.165) is 67.3 Å². The predicted molar refractivity (Wildman–Crippen MR) is 118 cm³/mol. The van der Waals surface area contributed by atoms with Crippen LogP contribution < -0.4 is 5.32 Å². The van der Waals surface area contributed by atoms with Crippen molar-refractivity contribution in [3.63, 3.8) is 0 Å². The molecule has 1 aliphatic carbocycles. The monoisotopic (exact) mass is 406 g/mol. The number of aromatic nitrogens is 4. The van der Waals surface area contributed by atoms with E-state index >= 15 is 0 Å². The molecule has 30 heavy (non-hydrogen) atoms. The third-order valence-corrected chi connectivity index (χ3v) is 6.57. The number of fused-ring (bicyclic) bond motifs is 1. The normalized spacial score (nSPS) is 23.0. The van der Waals surface area contributed by atoms with E-state index in [9.17, 15) is 0 Å². The molecular formula is C23H30N6O. The van der Waals surface area contributed by atoms with Crippen LogP contribution in [0.15, 0.2) is 36.7 Å². The van der Waals surface area contributed by atoms with Gasteiger partial charge in [-0.2, -0.15) is 0 Å². The topological polar surface area (TPSA) is 68.1 Å². The molecule has 1 aliphatic heterocycles. The van der Waals surface area contributed by atoms with Crippen LogP contribution >= 0.6 is 0 Å². The number of nitrogens with zero attached hydrogens (tertiary/aromatic N) is 5. The lowest BCUT2D eigenvalue weighted by molar-refractivity contribution is 0.00539. The van der Waals surface area contributed by atoms with Crippen molar-refractivity contribution in [2.45, 2.75) is 31.7 Å². The molecule has 0 bridgehead atoms. The highest BCUT2D eigenvalue weighted by atomic mass is 16.5. The van der Waals surface area contributed by atoms with Crippen LogP contribution in [0.5, 0.6) is 0 Å². The van der Waals surface area contributed by atoms with Crippen LogP contribution in [0.3, 0.4) is 0 Å². The quantitative estimate of drug-likeness (QED) is 0.701. The van der Waals surface area contributed by atoms with Crippen molar-refractivity contribution in [1.82, 2.24) is 24.9 Å². The Morgan fingerprint density at radius 3 is 2.67 bits per heavy atom. The second kappa shape index (κ2) is 8.70. The van der Waals surface area contributed by atoms with E-state index in [1.54, 1.807) is 4.68 Å². The number of morpholine rings is 1. The van der Waals surface area contributed by atoms with Crippen molar-refractivity contribution in [2.75, 3.05) is 38.2 Å². The lowest BCUT2D eigenvalue weighted by Gasteiger charge is -2.38. The molecule has 7 nitrogen and oxygen atoms in total. The standard InChI is InChI=1S/C23H30N6O/c1-28-16-22(26-27-28)18-4-5-19-15-25-23(13-20(19)12-18)24-14-17-2-6-21(7-3-17)29-8-10-30-11-9-29/h4-5,12-13,15-17,21H,2-3,6-11,14H2,1H3,(H,24,25). The Balaban J connectivity index is 1.19. The lowest BCUT2D eigenvalue weighted by Crippen LogP contribution is -2.45. The van der Waals surface area contributed by atoms with Crippen molar-refractivity contribution >= 4 is 16.6 Å². The molecule has 1 N–H and O–H groups in total. The first-order chi connectivity index (χ1) is 14.7. The average molecular weight is 407 g/mol. The van der Waals surface area contributed by atoms with Gasteiger partial charge in [0.25, 0.3) is 0 Å². The Hall–Kier alpha value is -2.51. The minimum atomic E-state index is 0.728. The van der Waals surface area contributed by atoms with Gasteiger partial charge in [-0.25, -0.2) is 4.98 Å². The van der Waals surface area contributed by atoms with Gasteiger partial charge < -0.3 is 10.1 Å². The average Bonchev–Trinajstić information content (AvgIpc) is 3.24. The number of ether oxygens (including phenoxy) is 1. The van der Waals surface area contributed by atoms with E-state index < -0.39 is 0 Å². The highest BCUT2D eigenvalue weighted by Gasteiger charge is 2.26. The van der Waals surface area contributed by atoms with Crippen LogP contribution in [-0.4, -0.2) is 63.8 Å². The van der Waals surface area contributed by atoms with Crippen molar-refractivity contribution in [1.29, 1.82) is 0 Å². The summed E-state index contributed by atoms with van der Waals surface area (Å²) in [5.74, 6) is 1.68. The molecular weight excluding hydrogens is 376 g/mol. The van der Waals surface area contributed by atoms with E-state index in [2.05, 4.69) is 49.8 Å². The lowest BCUT2D eigenvalue weighted by atomic mass is 9.85. The molecule has 0 amide bonds. The highest BCUT2D eigenvalue weighted by Crippen LogP contribution is 2.29. The first kappa shape index (κ1) is 19.5. The van der Waals surface area contributed by atoms with Gasteiger partial charge in [-0.05, 0) is 49.1 Å².